The highest BCUT2D eigenvalue weighted by atomic mass is 16.5. The Hall–Kier alpha value is -2.56. The first kappa shape index (κ1) is 17.8. The van der Waals surface area contributed by atoms with Gasteiger partial charge in [-0.1, -0.05) is 5.92 Å². The quantitative estimate of drug-likeness (QED) is 0.329. The number of amides is 2. The molecule has 0 bridgehead atoms. The number of carbonyl (C=O) groups is 2. The molecule has 1 fully saturated rings. The minimum atomic E-state index is -0.981. The van der Waals surface area contributed by atoms with Gasteiger partial charge in [-0.25, -0.2) is 5.48 Å². The summed E-state index contributed by atoms with van der Waals surface area (Å²) in [6.07, 6.45) is 1.83. The first-order valence-electron chi connectivity index (χ1n) is 7.69. The van der Waals surface area contributed by atoms with E-state index in [9.17, 15) is 9.59 Å². The minimum Gasteiger partial charge on any atom is -0.481 e. The van der Waals surface area contributed by atoms with Gasteiger partial charge in [0.05, 0.1) is 0 Å². The van der Waals surface area contributed by atoms with Crippen molar-refractivity contribution in [2.45, 2.75) is 31.8 Å². The molecule has 0 aromatic heterocycles. The van der Waals surface area contributed by atoms with Crippen LogP contribution in [0.5, 0.6) is 5.75 Å². The average Bonchev–Trinajstić information content (AvgIpc) is 3.44. The Morgan fingerprint density at radius 3 is 2.58 bits per heavy atom. The monoisotopic (exact) mass is 331 g/mol. The lowest BCUT2D eigenvalue weighted by Gasteiger charge is -2.23. The van der Waals surface area contributed by atoms with Crippen LogP contribution in [0.15, 0.2) is 24.3 Å². The summed E-state index contributed by atoms with van der Waals surface area (Å²) in [5.74, 6) is 5.10. The molecule has 1 saturated carbocycles. The van der Waals surface area contributed by atoms with E-state index in [4.69, 9.17) is 15.7 Å². The highest BCUT2D eigenvalue weighted by molar-refractivity contribution is 5.97. The van der Waals surface area contributed by atoms with Crippen LogP contribution in [0.2, 0.25) is 0 Å². The lowest BCUT2D eigenvalue weighted by molar-refractivity contribution is -0.131. The summed E-state index contributed by atoms with van der Waals surface area (Å²) in [5, 5.41) is 11.4. The van der Waals surface area contributed by atoms with Crippen LogP contribution in [-0.2, 0) is 4.79 Å². The molecule has 0 spiro atoms. The van der Waals surface area contributed by atoms with Crippen LogP contribution in [0.3, 0.4) is 0 Å². The molecule has 2 atom stereocenters. The highest BCUT2D eigenvalue weighted by Crippen LogP contribution is 2.33. The van der Waals surface area contributed by atoms with Crippen molar-refractivity contribution in [2.75, 3.05) is 6.61 Å². The minimum absolute atomic E-state index is 0.183. The van der Waals surface area contributed by atoms with Crippen molar-refractivity contribution >= 4 is 11.8 Å². The smallest absolute Gasteiger partial charge is 0.267 e. The van der Waals surface area contributed by atoms with Crippen molar-refractivity contribution in [2.24, 2.45) is 11.7 Å². The molecule has 1 aromatic rings. The third kappa shape index (κ3) is 4.72. The fourth-order valence-corrected chi connectivity index (χ4v) is 2.28. The Balaban J connectivity index is 2.00. The maximum Gasteiger partial charge on any atom is 0.267 e. The Morgan fingerprint density at radius 2 is 2.04 bits per heavy atom. The lowest BCUT2D eigenvalue weighted by Crippen LogP contribution is -2.56. The Labute approximate surface area is 140 Å². The van der Waals surface area contributed by atoms with Gasteiger partial charge in [0.2, 0.25) is 0 Å². The van der Waals surface area contributed by atoms with Gasteiger partial charge in [0.25, 0.3) is 11.8 Å². The predicted molar refractivity (Wildman–Crippen MR) is 87.3 cm³/mol. The third-order valence-electron chi connectivity index (χ3n) is 3.83. The molecule has 0 radical (unpaired) electrons. The van der Waals surface area contributed by atoms with Crippen molar-refractivity contribution < 1.29 is 19.5 Å². The molecule has 1 aromatic carbocycles. The maximum absolute atomic E-state index is 12.3. The molecule has 0 saturated heterocycles. The summed E-state index contributed by atoms with van der Waals surface area (Å²) >= 11 is 0. The maximum atomic E-state index is 12.3. The molecule has 1 aliphatic rings. The lowest BCUT2D eigenvalue weighted by atomic mass is 10.0. The molecule has 0 aliphatic heterocycles. The van der Waals surface area contributed by atoms with E-state index in [-0.39, 0.29) is 12.5 Å². The molecule has 2 amide bonds. The van der Waals surface area contributed by atoms with Gasteiger partial charge in [-0.2, -0.15) is 0 Å². The molecule has 24 heavy (non-hydrogen) atoms. The molecule has 7 nitrogen and oxygen atoms in total. The van der Waals surface area contributed by atoms with Crippen LogP contribution in [-0.4, -0.2) is 35.7 Å². The summed E-state index contributed by atoms with van der Waals surface area (Å²) in [7, 11) is 0. The number of carbonyl (C=O) groups excluding carboxylic acids is 2. The number of benzene rings is 1. The predicted octanol–water partition coefficient (Wildman–Crippen LogP) is 0.430. The second-order valence-corrected chi connectivity index (χ2v) is 5.58. The van der Waals surface area contributed by atoms with E-state index in [1.54, 1.807) is 36.7 Å². The number of hydrogen-bond donors (Lipinski definition) is 4. The topological polar surface area (TPSA) is 114 Å². The zero-order valence-electron chi connectivity index (χ0n) is 13.4. The van der Waals surface area contributed by atoms with Gasteiger partial charge in [-0.3, -0.25) is 14.8 Å². The van der Waals surface area contributed by atoms with Crippen LogP contribution >= 0.6 is 0 Å². The van der Waals surface area contributed by atoms with Crippen LogP contribution in [0, 0.1) is 17.8 Å². The Morgan fingerprint density at radius 1 is 1.38 bits per heavy atom. The second-order valence-electron chi connectivity index (χ2n) is 5.58. The summed E-state index contributed by atoms with van der Waals surface area (Å²) in [4.78, 5) is 24.1. The number of rotatable bonds is 7. The largest absolute Gasteiger partial charge is 0.481 e. The molecule has 7 heteroatoms. The van der Waals surface area contributed by atoms with E-state index in [2.05, 4.69) is 17.2 Å². The Kier molecular flexibility index (Phi) is 6.18. The number of nitrogens with one attached hydrogen (secondary N) is 2. The number of hydroxylamine groups is 1. The SMILES string of the molecule is CC#CCOc1ccc(C(=O)N[C@H](C(=O)NO)[C@@H](N)C2CC2)cc1. The van der Waals surface area contributed by atoms with Gasteiger partial charge in [0.1, 0.15) is 18.4 Å². The van der Waals surface area contributed by atoms with E-state index < -0.39 is 23.9 Å². The Bertz CT molecular complexity index is 644. The van der Waals surface area contributed by atoms with E-state index in [1.165, 1.54) is 0 Å². The number of hydrogen-bond acceptors (Lipinski definition) is 5. The van der Waals surface area contributed by atoms with Crippen LogP contribution < -0.4 is 21.3 Å². The fourth-order valence-electron chi connectivity index (χ4n) is 2.28. The molecule has 0 heterocycles. The van der Waals surface area contributed by atoms with E-state index in [0.29, 0.717) is 11.3 Å². The van der Waals surface area contributed by atoms with Crippen LogP contribution in [0.25, 0.3) is 0 Å². The van der Waals surface area contributed by atoms with Gasteiger partial charge < -0.3 is 15.8 Å². The molecular formula is C17H21N3O4. The van der Waals surface area contributed by atoms with Gasteiger partial charge in [-0.15, -0.1) is 5.92 Å². The molecular weight excluding hydrogens is 310 g/mol. The summed E-state index contributed by atoms with van der Waals surface area (Å²) in [6.45, 7) is 2.00. The highest BCUT2D eigenvalue weighted by Gasteiger charge is 2.38. The van der Waals surface area contributed by atoms with E-state index in [1.807, 2.05) is 0 Å². The normalized spacial score (nSPS) is 15.5. The zero-order valence-corrected chi connectivity index (χ0v) is 13.4. The number of ether oxygens (including phenoxy) is 1. The third-order valence-corrected chi connectivity index (χ3v) is 3.83. The van der Waals surface area contributed by atoms with Crippen molar-refractivity contribution in [1.29, 1.82) is 0 Å². The van der Waals surface area contributed by atoms with Crippen LogP contribution in [0.4, 0.5) is 0 Å². The number of nitrogens with two attached hydrogens (primary N) is 1. The first-order valence-corrected chi connectivity index (χ1v) is 7.69. The molecule has 5 N–H and O–H groups in total. The zero-order chi connectivity index (χ0) is 17.5. The summed E-state index contributed by atoms with van der Waals surface area (Å²) < 4.78 is 5.37. The molecule has 0 unspecified atom stereocenters. The van der Waals surface area contributed by atoms with Crippen LogP contribution in [0.1, 0.15) is 30.1 Å². The van der Waals surface area contributed by atoms with E-state index >= 15 is 0 Å². The average molecular weight is 331 g/mol. The molecule has 2 rings (SSSR count). The van der Waals surface area contributed by atoms with Gasteiger partial charge in [0.15, 0.2) is 0 Å². The van der Waals surface area contributed by atoms with Crippen molar-refractivity contribution in [3.05, 3.63) is 29.8 Å². The fraction of sp³-hybridized carbons (Fsp3) is 0.412. The van der Waals surface area contributed by atoms with E-state index in [0.717, 1.165) is 12.8 Å². The van der Waals surface area contributed by atoms with Crippen molar-refractivity contribution in [1.82, 2.24) is 10.8 Å². The van der Waals surface area contributed by atoms with Crippen molar-refractivity contribution in [3.8, 4) is 17.6 Å². The van der Waals surface area contributed by atoms with Gasteiger partial charge >= 0.3 is 0 Å². The standard InChI is InChI=1S/C17H21N3O4/c1-2-3-10-24-13-8-6-12(7-9-13)16(21)19-15(17(22)20-23)14(18)11-4-5-11/h6-9,11,14-15,23H,4-5,10,18H2,1H3,(H,19,21)(H,20,22)/t14-,15-/m0/s1. The first-order chi connectivity index (χ1) is 11.6. The summed E-state index contributed by atoms with van der Waals surface area (Å²) in [5.41, 5.74) is 7.92. The molecule has 1 aliphatic carbocycles. The summed E-state index contributed by atoms with van der Waals surface area (Å²) in [6, 6.07) is 4.95. The molecule has 128 valence electrons. The second kappa shape index (κ2) is 8.34. The van der Waals surface area contributed by atoms with Gasteiger partial charge in [0, 0.05) is 11.6 Å². The van der Waals surface area contributed by atoms with Gasteiger partial charge in [-0.05, 0) is 49.9 Å². The van der Waals surface area contributed by atoms with Crippen molar-refractivity contribution in [3.63, 3.8) is 0 Å².